The molecule has 0 aliphatic carbocycles. The van der Waals surface area contributed by atoms with Gasteiger partial charge in [-0.15, -0.1) is 0 Å². The quantitative estimate of drug-likeness (QED) is 0.611. The molecule has 1 saturated heterocycles. The normalized spacial score (nSPS) is 16.4. The molecule has 0 spiro atoms. The van der Waals surface area contributed by atoms with Gasteiger partial charge in [-0.05, 0) is 37.1 Å². The van der Waals surface area contributed by atoms with Gasteiger partial charge in [-0.1, -0.05) is 6.07 Å². The van der Waals surface area contributed by atoms with Crippen molar-refractivity contribution in [2.24, 2.45) is 0 Å². The van der Waals surface area contributed by atoms with Crippen molar-refractivity contribution >= 4 is 22.0 Å². The Hall–Kier alpha value is -1.97. The summed E-state index contributed by atoms with van der Waals surface area (Å²) in [5, 5.41) is 4.53. The first-order valence-electron chi connectivity index (χ1n) is 8.16. The Kier molecular flexibility index (Phi) is 6.15. The number of piperazine rings is 1. The first-order valence-corrected chi connectivity index (χ1v) is 9.60. The summed E-state index contributed by atoms with van der Waals surface area (Å²) in [5.41, 5.74) is 1.99. The highest BCUT2D eigenvalue weighted by Gasteiger charge is 2.31. The van der Waals surface area contributed by atoms with E-state index in [2.05, 4.69) is 10.6 Å². The molecule has 0 bridgehead atoms. The molecule has 3 N–H and O–H groups in total. The van der Waals surface area contributed by atoms with Crippen LogP contribution in [-0.2, 0) is 14.8 Å². The lowest BCUT2D eigenvalue weighted by Crippen LogP contribution is -3.15. The van der Waals surface area contributed by atoms with Crippen molar-refractivity contribution in [2.45, 2.75) is 18.7 Å². The van der Waals surface area contributed by atoms with Crippen LogP contribution >= 0.6 is 0 Å². The molecule has 0 unspecified atom stereocenters. The summed E-state index contributed by atoms with van der Waals surface area (Å²) in [4.78, 5) is 24.1. The number of aryl methyl sites for hydroxylation is 2. The Morgan fingerprint density at radius 3 is 2.36 bits per heavy atom. The van der Waals surface area contributed by atoms with Gasteiger partial charge < -0.3 is 10.2 Å². The van der Waals surface area contributed by atoms with Gasteiger partial charge in [-0.25, -0.2) is 13.2 Å². The molecule has 0 saturated carbocycles. The molecule has 1 aromatic carbocycles. The largest absolute Gasteiger partial charge is 0.341 e. The first-order chi connectivity index (χ1) is 11.7. The predicted molar refractivity (Wildman–Crippen MR) is 92.8 cm³/mol. The van der Waals surface area contributed by atoms with Gasteiger partial charge in [-0.2, -0.15) is 4.31 Å². The Balaban J connectivity index is 1.95. The van der Waals surface area contributed by atoms with Crippen molar-refractivity contribution in [1.82, 2.24) is 14.9 Å². The molecule has 1 aliphatic heterocycles. The lowest BCUT2D eigenvalue weighted by Gasteiger charge is -2.31. The molecule has 1 fully saturated rings. The van der Waals surface area contributed by atoms with Crippen LogP contribution in [-0.4, -0.2) is 64.4 Å². The minimum atomic E-state index is -3.52. The summed E-state index contributed by atoms with van der Waals surface area (Å²) in [6, 6.07) is 4.60. The van der Waals surface area contributed by atoms with E-state index in [1.807, 2.05) is 19.9 Å². The number of urea groups is 1. The summed E-state index contributed by atoms with van der Waals surface area (Å²) in [6.45, 7) is 5.70. The molecule has 138 valence electrons. The highest BCUT2D eigenvalue weighted by atomic mass is 32.2. The van der Waals surface area contributed by atoms with Crippen LogP contribution in [0.3, 0.4) is 0 Å². The van der Waals surface area contributed by atoms with Gasteiger partial charge in [0.05, 0.1) is 31.1 Å². The van der Waals surface area contributed by atoms with Crippen molar-refractivity contribution in [1.29, 1.82) is 0 Å². The number of sulfonamides is 1. The monoisotopic (exact) mass is 369 g/mol. The number of hydrogen-bond donors (Lipinski definition) is 3. The van der Waals surface area contributed by atoms with E-state index in [9.17, 15) is 18.0 Å². The number of nitrogens with one attached hydrogen (secondary N) is 3. The maximum atomic E-state index is 12.7. The Morgan fingerprint density at radius 1 is 1.16 bits per heavy atom. The third kappa shape index (κ3) is 4.77. The topological polar surface area (TPSA) is 100 Å². The zero-order valence-electron chi connectivity index (χ0n) is 14.8. The number of rotatable bonds is 4. The number of nitrogens with zero attached hydrogens (tertiary/aromatic N) is 1. The minimum Gasteiger partial charge on any atom is -0.341 e. The molecule has 2 rings (SSSR count). The van der Waals surface area contributed by atoms with Crippen LogP contribution in [0.4, 0.5) is 4.79 Å². The summed E-state index contributed by atoms with van der Waals surface area (Å²) >= 11 is 0. The number of carbonyl (C=O) groups excluding carboxylic acids is 2. The fraction of sp³-hybridized carbons (Fsp3) is 0.500. The maximum Gasteiger partial charge on any atom is 0.321 e. The van der Waals surface area contributed by atoms with Crippen molar-refractivity contribution in [3.63, 3.8) is 0 Å². The van der Waals surface area contributed by atoms with Gasteiger partial charge in [0.2, 0.25) is 10.0 Å². The lowest BCUT2D eigenvalue weighted by molar-refractivity contribution is -0.895. The predicted octanol–water partition coefficient (Wildman–Crippen LogP) is -1.35. The van der Waals surface area contributed by atoms with Crippen molar-refractivity contribution in [3.8, 4) is 0 Å². The molecule has 0 radical (unpaired) electrons. The van der Waals surface area contributed by atoms with Gasteiger partial charge in [0, 0.05) is 7.05 Å². The molecule has 0 aromatic heterocycles. The van der Waals surface area contributed by atoms with Gasteiger partial charge in [0.25, 0.3) is 5.91 Å². The van der Waals surface area contributed by atoms with Crippen LogP contribution in [0, 0.1) is 13.8 Å². The van der Waals surface area contributed by atoms with E-state index in [4.69, 9.17) is 0 Å². The van der Waals surface area contributed by atoms with Gasteiger partial charge in [0.15, 0.2) is 6.54 Å². The summed E-state index contributed by atoms with van der Waals surface area (Å²) in [7, 11) is -2.08. The van der Waals surface area contributed by atoms with Gasteiger partial charge in [0.1, 0.15) is 0 Å². The highest BCUT2D eigenvalue weighted by molar-refractivity contribution is 7.89. The summed E-state index contributed by atoms with van der Waals surface area (Å²) < 4.78 is 27.0. The van der Waals surface area contributed by atoms with E-state index in [-0.39, 0.29) is 12.5 Å². The zero-order chi connectivity index (χ0) is 18.6. The average molecular weight is 369 g/mol. The van der Waals surface area contributed by atoms with E-state index in [0.717, 1.165) is 16.0 Å². The number of amides is 3. The maximum absolute atomic E-state index is 12.7. The molecule has 0 atom stereocenters. The number of quaternary nitrogens is 1. The molecular formula is C16H25N4O4S+. The molecule has 9 heteroatoms. The van der Waals surface area contributed by atoms with E-state index in [1.165, 1.54) is 11.4 Å². The molecular weight excluding hydrogens is 344 g/mol. The molecule has 1 aromatic rings. The molecule has 8 nitrogen and oxygen atoms in total. The highest BCUT2D eigenvalue weighted by Crippen LogP contribution is 2.19. The second-order valence-electron chi connectivity index (χ2n) is 6.20. The number of carbonyl (C=O) groups is 2. The SMILES string of the molecule is CNC(=O)NC(=O)C[NH+]1CCN(S(=O)(=O)c2ccc(C)c(C)c2)CC1. The van der Waals surface area contributed by atoms with Gasteiger partial charge in [-0.3, -0.25) is 10.1 Å². The first kappa shape index (κ1) is 19.4. The second kappa shape index (κ2) is 7.94. The van der Waals surface area contributed by atoms with Crippen molar-refractivity contribution in [3.05, 3.63) is 29.3 Å². The molecule has 3 amide bonds. The fourth-order valence-corrected chi connectivity index (χ4v) is 4.23. The molecule has 1 aliphatic rings. The van der Waals surface area contributed by atoms with Crippen LogP contribution in [0.15, 0.2) is 23.1 Å². The zero-order valence-corrected chi connectivity index (χ0v) is 15.6. The second-order valence-corrected chi connectivity index (χ2v) is 8.14. The van der Waals surface area contributed by atoms with Crippen LogP contribution in [0.5, 0.6) is 0 Å². The standard InChI is InChI=1S/C16H24N4O4S/c1-12-4-5-14(10-13(12)2)25(23,24)20-8-6-19(7-9-20)11-15(21)18-16(22)17-3/h4-5,10H,6-9,11H2,1-3H3,(H2,17,18,21,22)/p+1. The van der Waals surface area contributed by atoms with Gasteiger partial charge >= 0.3 is 6.03 Å². The number of imide groups is 1. The summed E-state index contributed by atoms with van der Waals surface area (Å²) in [6.07, 6.45) is 0. The molecule has 1 heterocycles. The van der Waals surface area contributed by atoms with E-state index in [0.29, 0.717) is 31.1 Å². The van der Waals surface area contributed by atoms with Crippen molar-refractivity contribution < 1.29 is 22.9 Å². The van der Waals surface area contributed by atoms with Crippen LogP contribution in [0.1, 0.15) is 11.1 Å². The Labute approximate surface area is 148 Å². The minimum absolute atomic E-state index is 0.144. The van der Waals surface area contributed by atoms with Crippen LogP contribution < -0.4 is 15.5 Å². The van der Waals surface area contributed by atoms with Crippen LogP contribution in [0.2, 0.25) is 0 Å². The van der Waals surface area contributed by atoms with E-state index in [1.54, 1.807) is 12.1 Å². The fourth-order valence-electron chi connectivity index (χ4n) is 2.70. The Morgan fingerprint density at radius 2 is 1.80 bits per heavy atom. The van der Waals surface area contributed by atoms with Crippen LogP contribution in [0.25, 0.3) is 0 Å². The van der Waals surface area contributed by atoms with E-state index >= 15 is 0 Å². The third-order valence-corrected chi connectivity index (χ3v) is 6.33. The van der Waals surface area contributed by atoms with E-state index < -0.39 is 16.1 Å². The van der Waals surface area contributed by atoms with Crippen molar-refractivity contribution in [2.75, 3.05) is 39.8 Å². The number of hydrogen-bond acceptors (Lipinski definition) is 4. The average Bonchev–Trinajstić information content (AvgIpc) is 2.57. The molecule has 25 heavy (non-hydrogen) atoms. The third-order valence-electron chi connectivity index (χ3n) is 4.44. The lowest BCUT2D eigenvalue weighted by atomic mass is 10.1. The Bertz CT molecular complexity index is 755. The summed E-state index contributed by atoms with van der Waals surface area (Å²) in [5.74, 6) is -0.375. The number of benzene rings is 1. The smallest absolute Gasteiger partial charge is 0.321 e.